The van der Waals surface area contributed by atoms with Gasteiger partial charge in [-0.2, -0.15) is 0 Å². The molecule has 0 aliphatic rings. The number of urea groups is 1. The fraction of sp³-hybridized carbons (Fsp3) is 0.385. The molecule has 2 amide bonds. The van der Waals surface area contributed by atoms with Gasteiger partial charge < -0.3 is 15.7 Å². The first-order valence-corrected chi connectivity index (χ1v) is 7.52. The van der Waals surface area contributed by atoms with Crippen molar-refractivity contribution in [1.29, 1.82) is 0 Å². The second-order valence-corrected chi connectivity index (χ2v) is 7.21. The maximum Gasteiger partial charge on any atom is 0.326 e. The summed E-state index contributed by atoms with van der Waals surface area (Å²) in [5.41, 5.74) is -0.423. The molecule has 0 fully saturated rings. The van der Waals surface area contributed by atoms with Crippen LogP contribution >= 0.6 is 39.1 Å². The Morgan fingerprint density at radius 2 is 1.71 bits per heavy atom. The van der Waals surface area contributed by atoms with E-state index in [0.717, 1.165) is 0 Å². The average molecular weight is 398 g/mol. The number of rotatable bonds is 3. The monoisotopic (exact) mass is 396 g/mol. The van der Waals surface area contributed by atoms with Crippen molar-refractivity contribution < 1.29 is 14.7 Å². The number of anilines is 1. The van der Waals surface area contributed by atoms with Crippen LogP contribution in [0.3, 0.4) is 0 Å². The van der Waals surface area contributed by atoms with E-state index >= 15 is 0 Å². The zero-order valence-electron chi connectivity index (χ0n) is 11.6. The van der Waals surface area contributed by atoms with Crippen LogP contribution in [0.25, 0.3) is 0 Å². The lowest BCUT2D eigenvalue weighted by Crippen LogP contribution is -2.50. The number of halogens is 3. The fourth-order valence-corrected chi connectivity index (χ4v) is 2.89. The van der Waals surface area contributed by atoms with Gasteiger partial charge in [0.05, 0.1) is 15.7 Å². The molecule has 8 heteroatoms. The molecule has 0 aliphatic carbocycles. The molecule has 5 nitrogen and oxygen atoms in total. The summed E-state index contributed by atoms with van der Waals surface area (Å²) in [7, 11) is 0. The molecule has 0 bridgehead atoms. The van der Waals surface area contributed by atoms with Crippen LogP contribution in [0.1, 0.15) is 20.8 Å². The molecule has 1 rings (SSSR count). The van der Waals surface area contributed by atoms with Crippen LogP contribution in [-0.2, 0) is 4.79 Å². The van der Waals surface area contributed by atoms with Gasteiger partial charge in [-0.25, -0.2) is 9.59 Å². The molecule has 0 aliphatic heterocycles. The molecule has 1 aromatic rings. The van der Waals surface area contributed by atoms with Gasteiger partial charge in [0, 0.05) is 4.47 Å². The summed E-state index contributed by atoms with van der Waals surface area (Å²) >= 11 is 15.2. The third kappa shape index (κ3) is 5.05. The maximum absolute atomic E-state index is 11.9. The van der Waals surface area contributed by atoms with E-state index in [1.165, 1.54) is 0 Å². The Kier molecular flexibility index (Phi) is 5.90. The number of nitrogens with one attached hydrogen (secondary N) is 2. The highest BCUT2D eigenvalue weighted by Gasteiger charge is 2.32. The maximum atomic E-state index is 11.9. The van der Waals surface area contributed by atoms with Crippen molar-refractivity contribution in [2.24, 2.45) is 5.41 Å². The van der Waals surface area contributed by atoms with E-state index < -0.39 is 23.5 Å². The Labute approximate surface area is 141 Å². The normalized spacial score (nSPS) is 12.7. The van der Waals surface area contributed by atoms with Crippen molar-refractivity contribution in [2.45, 2.75) is 26.8 Å². The number of carbonyl (C=O) groups is 2. The second kappa shape index (κ2) is 6.85. The van der Waals surface area contributed by atoms with Crippen LogP contribution in [0.4, 0.5) is 10.5 Å². The molecule has 116 valence electrons. The van der Waals surface area contributed by atoms with E-state index in [-0.39, 0.29) is 15.7 Å². The van der Waals surface area contributed by atoms with Gasteiger partial charge in [0.1, 0.15) is 6.04 Å². The van der Waals surface area contributed by atoms with Crippen LogP contribution in [0.2, 0.25) is 10.0 Å². The molecule has 21 heavy (non-hydrogen) atoms. The lowest BCUT2D eigenvalue weighted by molar-refractivity contribution is -0.141. The molecule has 0 aromatic heterocycles. The Bertz CT molecular complexity index is 550. The van der Waals surface area contributed by atoms with Crippen molar-refractivity contribution in [3.05, 3.63) is 26.7 Å². The van der Waals surface area contributed by atoms with Gasteiger partial charge in [0.15, 0.2) is 0 Å². The first kappa shape index (κ1) is 18.1. The number of benzene rings is 1. The average Bonchev–Trinajstić information content (AvgIpc) is 2.28. The van der Waals surface area contributed by atoms with Gasteiger partial charge in [0.25, 0.3) is 0 Å². The van der Waals surface area contributed by atoms with Crippen LogP contribution in [0, 0.1) is 5.41 Å². The highest BCUT2D eigenvalue weighted by atomic mass is 79.9. The fourth-order valence-electron chi connectivity index (χ4n) is 1.59. The predicted molar refractivity (Wildman–Crippen MR) is 87.2 cm³/mol. The molecular formula is C13H15BrCl2N2O3. The van der Waals surface area contributed by atoms with Crippen molar-refractivity contribution in [3.63, 3.8) is 0 Å². The Hall–Kier alpha value is -0.980. The lowest BCUT2D eigenvalue weighted by Gasteiger charge is -2.27. The minimum atomic E-state index is -1.12. The summed E-state index contributed by atoms with van der Waals surface area (Å²) in [4.78, 5) is 23.2. The predicted octanol–water partition coefficient (Wildman–Crippen LogP) is 4.38. The number of hydrogen-bond acceptors (Lipinski definition) is 2. The summed E-state index contributed by atoms with van der Waals surface area (Å²) in [5.74, 6) is -1.12. The van der Waals surface area contributed by atoms with Gasteiger partial charge in [-0.15, -0.1) is 0 Å². The number of aliphatic carboxylic acids is 1. The van der Waals surface area contributed by atoms with E-state index in [1.54, 1.807) is 32.9 Å². The minimum Gasteiger partial charge on any atom is -0.480 e. The molecule has 0 saturated carbocycles. The molecule has 3 N–H and O–H groups in total. The zero-order valence-corrected chi connectivity index (χ0v) is 14.7. The highest BCUT2D eigenvalue weighted by Crippen LogP contribution is 2.33. The van der Waals surface area contributed by atoms with Crippen molar-refractivity contribution >= 4 is 56.8 Å². The zero-order chi connectivity index (χ0) is 16.4. The summed E-state index contributed by atoms with van der Waals surface area (Å²) in [5, 5.41) is 14.5. The van der Waals surface area contributed by atoms with Crippen LogP contribution in [0.5, 0.6) is 0 Å². The Morgan fingerprint density at radius 3 is 2.10 bits per heavy atom. The van der Waals surface area contributed by atoms with E-state index in [2.05, 4.69) is 26.6 Å². The minimum absolute atomic E-state index is 0.220. The van der Waals surface area contributed by atoms with E-state index in [9.17, 15) is 9.59 Å². The quantitative estimate of drug-likeness (QED) is 0.708. The third-order valence-corrected chi connectivity index (χ3v) is 3.69. The molecule has 0 saturated heterocycles. The Balaban J connectivity index is 2.90. The third-order valence-electron chi connectivity index (χ3n) is 2.63. The molecule has 1 atom stereocenters. The molecule has 0 radical (unpaired) electrons. The SMILES string of the molecule is CC(C)(C)[C@H](NC(=O)Nc1c(Cl)cc(Br)cc1Cl)C(=O)O. The van der Waals surface area contributed by atoms with Gasteiger partial charge in [0.2, 0.25) is 0 Å². The first-order chi connectivity index (χ1) is 9.52. The number of hydrogen-bond donors (Lipinski definition) is 3. The number of carboxylic acid groups (broad SMARTS) is 1. The number of amides is 2. The summed E-state index contributed by atoms with van der Waals surface area (Å²) in [6, 6.07) is 1.40. The molecule has 0 heterocycles. The highest BCUT2D eigenvalue weighted by molar-refractivity contribution is 9.10. The van der Waals surface area contributed by atoms with Crippen LogP contribution in [-0.4, -0.2) is 23.1 Å². The number of carbonyl (C=O) groups excluding carboxylic acids is 1. The smallest absolute Gasteiger partial charge is 0.326 e. The Morgan fingerprint density at radius 1 is 1.24 bits per heavy atom. The number of carboxylic acids is 1. The topological polar surface area (TPSA) is 78.4 Å². The lowest BCUT2D eigenvalue weighted by atomic mass is 9.87. The van der Waals surface area contributed by atoms with Gasteiger partial charge in [-0.05, 0) is 17.5 Å². The van der Waals surface area contributed by atoms with Crippen molar-refractivity contribution in [2.75, 3.05) is 5.32 Å². The molecular weight excluding hydrogens is 383 g/mol. The largest absolute Gasteiger partial charge is 0.480 e. The summed E-state index contributed by atoms with van der Waals surface area (Å²) < 4.78 is 0.668. The van der Waals surface area contributed by atoms with Crippen molar-refractivity contribution in [1.82, 2.24) is 5.32 Å². The van der Waals surface area contributed by atoms with E-state index in [4.69, 9.17) is 28.3 Å². The van der Waals surface area contributed by atoms with Gasteiger partial charge in [-0.3, -0.25) is 0 Å². The van der Waals surface area contributed by atoms with Gasteiger partial charge >= 0.3 is 12.0 Å². The van der Waals surface area contributed by atoms with Crippen LogP contribution < -0.4 is 10.6 Å². The molecule has 1 aromatic carbocycles. The first-order valence-electron chi connectivity index (χ1n) is 5.97. The molecule has 0 spiro atoms. The standard InChI is InChI=1S/C13H15BrCl2N2O3/c1-13(2,3)10(11(19)20)18-12(21)17-9-7(15)4-6(14)5-8(9)16/h4-5,10H,1-3H3,(H,19,20)(H2,17,18,21)/t10-/m1/s1. The van der Waals surface area contributed by atoms with Gasteiger partial charge in [-0.1, -0.05) is 59.9 Å². The van der Waals surface area contributed by atoms with E-state index in [1.807, 2.05) is 0 Å². The molecule has 0 unspecified atom stereocenters. The summed E-state index contributed by atoms with van der Waals surface area (Å²) in [6.45, 7) is 5.14. The second-order valence-electron chi connectivity index (χ2n) is 5.48. The van der Waals surface area contributed by atoms with Crippen LogP contribution in [0.15, 0.2) is 16.6 Å². The van der Waals surface area contributed by atoms with Crippen molar-refractivity contribution in [3.8, 4) is 0 Å². The summed E-state index contributed by atoms with van der Waals surface area (Å²) in [6.07, 6.45) is 0. The van der Waals surface area contributed by atoms with E-state index in [0.29, 0.717) is 4.47 Å².